The Bertz CT molecular complexity index is 1500. The van der Waals surface area contributed by atoms with Crippen molar-refractivity contribution in [3.05, 3.63) is 72.1 Å². The number of pyridine rings is 2. The average Bonchev–Trinajstić information content (AvgIpc) is 3.86. The summed E-state index contributed by atoms with van der Waals surface area (Å²) < 4.78 is 33.3. The Hall–Kier alpha value is -4.28. The second-order valence-corrected chi connectivity index (χ2v) is 12.6. The van der Waals surface area contributed by atoms with E-state index in [0.29, 0.717) is 48.6 Å². The first-order valence-electron chi connectivity index (χ1n) is 15.6. The van der Waals surface area contributed by atoms with E-state index >= 15 is 0 Å². The lowest BCUT2D eigenvalue weighted by Gasteiger charge is -2.38. The van der Waals surface area contributed by atoms with Gasteiger partial charge < -0.3 is 19.8 Å². The number of halogens is 2. The van der Waals surface area contributed by atoms with Crippen LogP contribution in [0.15, 0.2) is 60.9 Å². The van der Waals surface area contributed by atoms with Crippen LogP contribution in [0, 0.1) is 17.8 Å². The number of amides is 1. The van der Waals surface area contributed by atoms with E-state index in [-0.39, 0.29) is 55.2 Å². The molecule has 1 aromatic carbocycles. The molecular formula is C34H38F2N4O5. The number of phenols is 1. The highest BCUT2D eigenvalue weighted by Gasteiger charge is 2.46. The number of ether oxygens (including phenoxy) is 1. The molecule has 238 valence electrons. The van der Waals surface area contributed by atoms with Crippen LogP contribution in [-0.4, -0.2) is 64.2 Å². The summed E-state index contributed by atoms with van der Waals surface area (Å²) in [7, 11) is 0. The SMILES string of the molecule is O=C(O)CC(c1ccnc(OCC2CCN(c3cc(O)ccc3C(=O)N(CC3CC(F)(F)C3)c3ccccn3)CC2)c1)C1CC1. The zero-order valence-corrected chi connectivity index (χ0v) is 25.0. The van der Waals surface area contributed by atoms with Crippen LogP contribution in [0.25, 0.3) is 0 Å². The van der Waals surface area contributed by atoms with Crippen molar-refractivity contribution in [2.75, 3.05) is 36.0 Å². The standard InChI is InChI=1S/C34H38F2N4O5/c35-34(36)18-23(19-34)20-40(30-3-1-2-11-37-30)33(44)27-7-6-26(41)16-29(27)39-13-9-22(10-14-39)21-45-31-15-25(8-12-38-31)28(17-32(42)43)24-4-5-24/h1-3,6-8,11-12,15-16,22-24,28,41H,4-5,9-10,13-14,17-21H2,(H,42,43). The van der Waals surface area contributed by atoms with Crippen LogP contribution in [0.2, 0.25) is 0 Å². The van der Waals surface area contributed by atoms with Gasteiger partial charge in [-0.25, -0.2) is 18.7 Å². The van der Waals surface area contributed by atoms with Gasteiger partial charge in [0.15, 0.2) is 0 Å². The number of aromatic nitrogens is 2. The molecule has 1 atom stereocenters. The Morgan fingerprint density at radius 3 is 2.44 bits per heavy atom. The first-order valence-corrected chi connectivity index (χ1v) is 15.6. The number of phenolic OH excluding ortho intramolecular Hbond substituents is 1. The summed E-state index contributed by atoms with van der Waals surface area (Å²) in [5, 5.41) is 19.7. The van der Waals surface area contributed by atoms with Gasteiger partial charge in [-0.1, -0.05) is 6.07 Å². The maximum Gasteiger partial charge on any atom is 0.303 e. The zero-order valence-electron chi connectivity index (χ0n) is 25.0. The van der Waals surface area contributed by atoms with Crippen molar-refractivity contribution < 1.29 is 33.3 Å². The first-order chi connectivity index (χ1) is 21.6. The molecule has 1 aliphatic heterocycles. The fourth-order valence-electron chi connectivity index (χ4n) is 6.60. The van der Waals surface area contributed by atoms with Crippen molar-refractivity contribution >= 4 is 23.4 Å². The summed E-state index contributed by atoms with van der Waals surface area (Å²) in [5.41, 5.74) is 1.93. The number of alkyl halides is 2. The van der Waals surface area contributed by atoms with E-state index in [1.165, 1.54) is 11.0 Å². The Labute approximate surface area is 260 Å². The van der Waals surface area contributed by atoms with E-state index in [2.05, 4.69) is 14.9 Å². The molecule has 1 saturated heterocycles. The molecule has 6 rings (SSSR count). The number of carboxylic acids is 1. The minimum absolute atomic E-state index is 0.0291. The van der Waals surface area contributed by atoms with Crippen molar-refractivity contribution in [3.8, 4) is 11.6 Å². The van der Waals surface area contributed by atoms with Crippen molar-refractivity contribution in [2.45, 2.75) is 56.8 Å². The number of hydrogen-bond donors (Lipinski definition) is 2. The van der Waals surface area contributed by atoms with E-state index in [9.17, 15) is 28.6 Å². The molecule has 3 aliphatic rings. The summed E-state index contributed by atoms with van der Waals surface area (Å²) in [6, 6.07) is 13.6. The van der Waals surface area contributed by atoms with Crippen LogP contribution < -0.4 is 14.5 Å². The number of aliphatic carboxylic acids is 1. The molecule has 3 heterocycles. The van der Waals surface area contributed by atoms with E-state index in [0.717, 1.165) is 31.2 Å². The highest BCUT2D eigenvalue weighted by molar-refractivity contribution is 6.09. The predicted octanol–water partition coefficient (Wildman–Crippen LogP) is 6.14. The summed E-state index contributed by atoms with van der Waals surface area (Å²) in [4.78, 5) is 37.6. The average molecular weight is 621 g/mol. The van der Waals surface area contributed by atoms with Crippen LogP contribution in [0.4, 0.5) is 20.3 Å². The summed E-state index contributed by atoms with van der Waals surface area (Å²) in [6.45, 7) is 1.86. The number of anilines is 2. The molecule has 9 nitrogen and oxygen atoms in total. The molecule has 45 heavy (non-hydrogen) atoms. The van der Waals surface area contributed by atoms with Gasteiger partial charge in [0.1, 0.15) is 11.6 Å². The Morgan fingerprint density at radius 2 is 1.78 bits per heavy atom. The number of benzene rings is 1. The summed E-state index contributed by atoms with van der Waals surface area (Å²) in [6.07, 6.45) is 6.49. The maximum atomic E-state index is 14.0. The van der Waals surface area contributed by atoms with Crippen LogP contribution >= 0.6 is 0 Å². The second-order valence-electron chi connectivity index (χ2n) is 12.6. The van der Waals surface area contributed by atoms with Crippen molar-refractivity contribution in [1.82, 2.24) is 9.97 Å². The zero-order chi connectivity index (χ0) is 31.6. The van der Waals surface area contributed by atoms with Crippen LogP contribution in [-0.2, 0) is 4.79 Å². The van der Waals surface area contributed by atoms with E-state index in [1.807, 2.05) is 12.1 Å². The molecule has 2 saturated carbocycles. The molecule has 1 amide bonds. The molecule has 0 bridgehead atoms. The van der Waals surface area contributed by atoms with E-state index in [4.69, 9.17) is 4.74 Å². The topological polar surface area (TPSA) is 116 Å². The fraction of sp³-hybridized carbons (Fsp3) is 0.471. The predicted molar refractivity (Wildman–Crippen MR) is 164 cm³/mol. The molecule has 11 heteroatoms. The summed E-state index contributed by atoms with van der Waals surface area (Å²) >= 11 is 0. The minimum atomic E-state index is -2.69. The van der Waals surface area contributed by atoms with Gasteiger partial charge in [0, 0.05) is 57.0 Å². The van der Waals surface area contributed by atoms with Gasteiger partial charge >= 0.3 is 5.97 Å². The fourth-order valence-corrected chi connectivity index (χ4v) is 6.60. The number of piperidine rings is 1. The lowest BCUT2D eigenvalue weighted by Crippen LogP contribution is -2.45. The van der Waals surface area contributed by atoms with Gasteiger partial charge in [-0.05, 0) is 85.3 Å². The largest absolute Gasteiger partial charge is 0.508 e. The maximum absolute atomic E-state index is 14.0. The third-order valence-corrected chi connectivity index (χ3v) is 9.19. The molecule has 0 radical (unpaired) electrons. The molecular weight excluding hydrogens is 582 g/mol. The highest BCUT2D eigenvalue weighted by atomic mass is 19.3. The lowest BCUT2D eigenvalue weighted by molar-refractivity contribution is -0.137. The number of aromatic hydroxyl groups is 1. The molecule has 3 aromatic rings. The Morgan fingerprint density at radius 1 is 1.00 bits per heavy atom. The normalized spacial score (nSPS) is 19.0. The van der Waals surface area contributed by atoms with Gasteiger partial charge in [-0.3, -0.25) is 14.5 Å². The summed E-state index contributed by atoms with van der Waals surface area (Å²) in [5.74, 6) is -2.63. The van der Waals surface area contributed by atoms with Gasteiger partial charge in [0.2, 0.25) is 11.8 Å². The minimum Gasteiger partial charge on any atom is -0.508 e. The second kappa shape index (κ2) is 13.0. The van der Waals surface area contributed by atoms with Gasteiger partial charge in [-0.2, -0.15) is 0 Å². The molecule has 1 unspecified atom stereocenters. The number of nitrogens with zero attached hydrogens (tertiary/aromatic N) is 4. The molecule has 3 fully saturated rings. The van der Waals surface area contributed by atoms with Crippen molar-refractivity contribution in [2.24, 2.45) is 17.8 Å². The molecule has 2 aliphatic carbocycles. The number of hydrogen-bond acceptors (Lipinski definition) is 7. The third-order valence-electron chi connectivity index (χ3n) is 9.19. The molecule has 2 aromatic heterocycles. The van der Waals surface area contributed by atoms with Gasteiger partial charge in [-0.15, -0.1) is 0 Å². The Kier molecular flexibility index (Phi) is 8.87. The monoisotopic (exact) mass is 620 g/mol. The molecule has 0 spiro atoms. The third kappa shape index (κ3) is 7.51. The lowest BCUT2D eigenvalue weighted by atomic mass is 9.81. The first kappa shape index (κ1) is 30.7. The van der Waals surface area contributed by atoms with Crippen LogP contribution in [0.3, 0.4) is 0 Å². The van der Waals surface area contributed by atoms with Crippen LogP contribution in [0.5, 0.6) is 11.6 Å². The van der Waals surface area contributed by atoms with Gasteiger partial charge in [0.05, 0.1) is 24.3 Å². The van der Waals surface area contributed by atoms with Gasteiger partial charge in [0.25, 0.3) is 5.91 Å². The van der Waals surface area contributed by atoms with Crippen molar-refractivity contribution in [3.63, 3.8) is 0 Å². The smallest absolute Gasteiger partial charge is 0.303 e. The number of carbonyl (C=O) groups is 2. The van der Waals surface area contributed by atoms with Crippen LogP contribution in [0.1, 0.15) is 66.8 Å². The van der Waals surface area contributed by atoms with E-state index in [1.54, 1.807) is 42.7 Å². The Balaban J connectivity index is 1.11. The molecule has 2 N–H and O–H groups in total. The van der Waals surface area contributed by atoms with Crippen molar-refractivity contribution in [1.29, 1.82) is 0 Å². The van der Waals surface area contributed by atoms with E-state index < -0.39 is 11.9 Å². The quantitative estimate of drug-likeness (QED) is 0.248. The number of rotatable bonds is 12. The number of carboxylic acid groups (broad SMARTS) is 1. The number of carbonyl (C=O) groups excluding carboxylic acids is 1. The highest BCUT2D eigenvalue weighted by Crippen LogP contribution is 2.45.